The van der Waals surface area contributed by atoms with Gasteiger partial charge in [0, 0.05) is 31.2 Å². The molecule has 0 aromatic heterocycles. The lowest BCUT2D eigenvalue weighted by molar-refractivity contribution is 0.244. The molecule has 102 valence electrons. The highest BCUT2D eigenvalue weighted by atomic mass is 15.2. The molecule has 1 saturated heterocycles. The van der Waals surface area contributed by atoms with Crippen LogP contribution in [0.5, 0.6) is 0 Å². The van der Waals surface area contributed by atoms with Gasteiger partial charge < -0.3 is 10.2 Å². The Balaban J connectivity index is 2.41. The molecule has 0 aromatic carbocycles. The predicted molar refractivity (Wildman–Crippen MR) is 75.4 cm³/mol. The lowest BCUT2D eigenvalue weighted by Crippen LogP contribution is -2.48. The van der Waals surface area contributed by atoms with Gasteiger partial charge in [-0.2, -0.15) is 0 Å². The number of likely N-dealkylation sites (N-methyl/N-ethyl adjacent to an activating group) is 1. The summed E-state index contributed by atoms with van der Waals surface area (Å²) in [4.78, 5) is 4.86. The smallest absolute Gasteiger partial charge is 0.0220 e. The van der Waals surface area contributed by atoms with Gasteiger partial charge in [-0.25, -0.2) is 0 Å². The van der Waals surface area contributed by atoms with Crippen molar-refractivity contribution < 1.29 is 0 Å². The summed E-state index contributed by atoms with van der Waals surface area (Å²) < 4.78 is 0. The topological polar surface area (TPSA) is 18.5 Å². The molecule has 0 aliphatic carbocycles. The zero-order chi connectivity index (χ0) is 13.0. The second-order valence-corrected chi connectivity index (χ2v) is 6.35. The van der Waals surface area contributed by atoms with Crippen molar-refractivity contribution >= 4 is 0 Å². The first-order valence-electron chi connectivity index (χ1n) is 7.05. The van der Waals surface area contributed by atoms with Gasteiger partial charge in [-0.15, -0.1) is 0 Å². The summed E-state index contributed by atoms with van der Waals surface area (Å²) in [5.41, 5.74) is 0. The Morgan fingerprint density at radius 1 is 1.24 bits per heavy atom. The van der Waals surface area contributed by atoms with Gasteiger partial charge in [-0.1, -0.05) is 13.8 Å². The molecule has 1 heterocycles. The van der Waals surface area contributed by atoms with E-state index in [4.69, 9.17) is 0 Å². The minimum absolute atomic E-state index is 0.613. The summed E-state index contributed by atoms with van der Waals surface area (Å²) >= 11 is 0. The van der Waals surface area contributed by atoms with Gasteiger partial charge in [0.05, 0.1) is 0 Å². The van der Waals surface area contributed by atoms with Crippen LogP contribution in [0.3, 0.4) is 0 Å². The molecule has 17 heavy (non-hydrogen) atoms. The quantitative estimate of drug-likeness (QED) is 0.763. The third-order valence-electron chi connectivity index (χ3n) is 3.77. The molecule has 0 saturated carbocycles. The fraction of sp³-hybridized carbons (Fsp3) is 1.00. The van der Waals surface area contributed by atoms with Crippen molar-refractivity contribution in [2.45, 2.75) is 52.2 Å². The van der Waals surface area contributed by atoms with E-state index in [1.807, 2.05) is 0 Å². The average molecular weight is 241 g/mol. The minimum atomic E-state index is 0.613. The molecule has 1 N–H and O–H groups in total. The summed E-state index contributed by atoms with van der Waals surface area (Å²) in [6.07, 6.45) is 1.30. The molecule has 0 aromatic rings. The number of nitrogens with one attached hydrogen (secondary N) is 1. The zero-order valence-corrected chi connectivity index (χ0v) is 12.5. The van der Waals surface area contributed by atoms with Crippen LogP contribution in [0.4, 0.5) is 0 Å². The van der Waals surface area contributed by atoms with Crippen LogP contribution in [0.25, 0.3) is 0 Å². The summed E-state index contributed by atoms with van der Waals surface area (Å²) in [6, 6.07) is 1.99. The summed E-state index contributed by atoms with van der Waals surface area (Å²) in [5, 5.41) is 3.85. The van der Waals surface area contributed by atoms with Crippen LogP contribution < -0.4 is 5.32 Å². The Kier molecular flexibility index (Phi) is 5.90. The van der Waals surface area contributed by atoms with Crippen molar-refractivity contribution in [3.63, 3.8) is 0 Å². The monoisotopic (exact) mass is 241 g/mol. The van der Waals surface area contributed by atoms with Gasteiger partial charge in [0.1, 0.15) is 0 Å². The van der Waals surface area contributed by atoms with Gasteiger partial charge in [-0.05, 0) is 46.8 Å². The lowest BCUT2D eigenvalue weighted by Gasteiger charge is -2.29. The summed E-state index contributed by atoms with van der Waals surface area (Å²) in [5.74, 6) is 0.700. The van der Waals surface area contributed by atoms with Crippen LogP contribution in [0, 0.1) is 5.92 Å². The van der Waals surface area contributed by atoms with Crippen LogP contribution in [-0.4, -0.2) is 61.7 Å². The SMILES string of the molecule is CC(C)C(CN(C)C)NC1CCN(C(C)C)C1. The first-order valence-corrected chi connectivity index (χ1v) is 7.05. The Morgan fingerprint density at radius 3 is 2.29 bits per heavy atom. The fourth-order valence-corrected chi connectivity index (χ4v) is 2.54. The average Bonchev–Trinajstić information content (AvgIpc) is 2.64. The van der Waals surface area contributed by atoms with E-state index in [-0.39, 0.29) is 0 Å². The van der Waals surface area contributed by atoms with E-state index in [9.17, 15) is 0 Å². The van der Waals surface area contributed by atoms with Crippen LogP contribution in [-0.2, 0) is 0 Å². The van der Waals surface area contributed by atoms with Gasteiger partial charge in [0.2, 0.25) is 0 Å². The highest BCUT2D eigenvalue weighted by Crippen LogP contribution is 2.14. The third-order valence-corrected chi connectivity index (χ3v) is 3.77. The Morgan fingerprint density at radius 2 is 1.88 bits per heavy atom. The van der Waals surface area contributed by atoms with Crippen LogP contribution in [0.1, 0.15) is 34.1 Å². The maximum atomic E-state index is 3.85. The Hall–Kier alpha value is -0.120. The molecule has 2 atom stereocenters. The maximum Gasteiger partial charge on any atom is 0.0220 e. The van der Waals surface area contributed by atoms with E-state index in [2.05, 4.69) is 56.9 Å². The first-order chi connectivity index (χ1) is 7.90. The predicted octanol–water partition coefficient (Wildman–Crippen LogP) is 1.64. The van der Waals surface area contributed by atoms with Crippen molar-refractivity contribution in [1.29, 1.82) is 0 Å². The molecule has 3 heteroatoms. The van der Waals surface area contributed by atoms with Crippen molar-refractivity contribution in [2.75, 3.05) is 33.7 Å². The standard InChI is InChI=1S/C14H31N3/c1-11(2)14(10-16(5)6)15-13-7-8-17(9-13)12(3)4/h11-15H,7-10H2,1-6H3. The zero-order valence-electron chi connectivity index (χ0n) is 12.5. The van der Waals surface area contributed by atoms with Gasteiger partial charge in [-0.3, -0.25) is 4.90 Å². The second-order valence-electron chi connectivity index (χ2n) is 6.35. The van der Waals surface area contributed by atoms with E-state index in [1.165, 1.54) is 19.5 Å². The van der Waals surface area contributed by atoms with E-state index in [0.29, 0.717) is 24.0 Å². The van der Waals surface area contributed by atoms with Gasteiger partial charge in [0.15, 0.2) is 0 Å². The number of hydrogen-bond donors (Lipinski definition) is 1. The molecular formula is C14H31N3. The summed E-state index contributed by atoms with van der Waals surface area (Å²) in [7, 11) is 4.32. The molecular weight excluding hydrogens is 210 g/mol. The second kappa shape index (κ2) is 6.72. The van der Waals surface area contributed by atoms with E-state index >= 15 is 0 Å². The highest BCUT2D eigenvalue weighted by Gasteiger charge is 2.26. The number of likely N-dealkylation sites (tertiary alicyclic amines) is 1. The number of hydrogen-bond acceptors (Lipinski definition) is 3. The van der Waals surface area contributed by atoms with E-state index in [0.717, 1.165) is 6.54 Å². The molecule has 3 nitrogen and oxygen atoms in total. The normalized spacial score (nSPS) is 24.2. The lowest BCUT2D eigenvalue weighted by atomic mass is 10.0. The number of nitrogens with zero attached hydrogens (tertiary/aromatic N) is 2. The van der Waals surface area contributed by atoms with Gasteiger partial charge in [0.25, 0.3) is 0 Å². The third kappa shape index (κ3) is 4.94. The largest absolute Gasteiger partial charge is 0.308 e. The molecule has 0 radical (unpaired) electrons. The van der Waals surface area contributed by atoms with Crippen molar-refractivity contribution in [3.8, 4) is 0 Å². The van der Waals surface area contributed by atoms with Crippen molar-refractivity contribution in [2.24, 2.45) is 5.92 Å². The molecule has 0 amide bonds. The molecule has 1 aliphatic heterocycles. The van der Waals surface area contributed by atoms with Crippen molar-refractivity contribution in [3.05, 3.63) is 0 Å². The molecule has 1 fully saturated rings. The maximum absolute atomic E-state index is 3.85. The minimum Gasteiger partial charge on any atom is -0.308 e. The first kappa shape index (κ1) is 14.9. The summed E-state index contributed by atoms with van der Waals surface area (Å²) in [6.45, 7) is 12.8. The fourth-order valence-electron chi connectivity index (χ4n) is 2.54. The molecule has 0 spiro atoms. The van der Waals surface area contributed by atoms with Crippen LogP contribution >= 0.6 is 0 Å². The van der Waals surface area contributed by atoms with Crippen molar-refractivity contribution in [1.82, 2.24) is 15.1 Å². The van der Waals surface area contributed by atoms with Crippen LogP contribution in [0.15, 0.2) is 0 Å². The molecule has 1 aliphatic rings. The Labute approximate surface area is 108 Å². The number of rotatable bonds is 6. The highest BCUT2D eigenvalue weighted by molar-refractivity contribution is 4.86. The van der Waals surface area contributed by atoms with Crippen LogP contribution in [0.2, 0.25) is 0 Å². The van der Waals surface area contributed by atoms with Gasteiger partial charge >= 0.3 is 0 Å². The Bertz CT molecular complexity index is 214. The molecule has 0 bridgehead atoms. The molecule has 1 rings (SSSR count). The van der Waals surface area contributed by atoms with E-state index in [1.54, 1.807) is 0 Å². The molecule has 2 unspecified atom stereocenters. The van der Waals surface area contributed by atoms with E-state index < -0.39 is 0 Å².